The Morgan fingerprint density at radius 3 is 2.53 bits per heavy atom. The fourth-order valence-corrected chi connectivity index (χ4v) is 1.70. The highest BCUT2D eigenvalue weighted by atomic mass is 79.9. The Labute approximate surface area is 97.0 Å². The van der Waals surface area contributed by atoms with Crippen LogP contribution < -0.4 is 0 Å². The first-order valence-corrected chi connectivity index (χ1v) is 5.50. The summed E-state index contributed by atoms with van der Waals surface area (Å²) in [6.45, 7) is 1.88. The zero-order valence-corrected chi connectivity index (χ0v) is 9.86. The summed E-state index contributed by atoms with van der Waals surface area (Å²) in [6.07, 6.45) is 3.73. The highest BCUT2D eigenvalue weighted by Gasteiger charge is 2.14. The van der Waals surface area contributed by atoms with Crippen LogP contribution in [0.3, 0.4) is 0 Å². The van der Waals surface area contributed by atoms with Gasteiger partial charge in [0.2, 0.25) is 0 Å². The number of aliphatic hydroxyl groups is 1. The predicted octanol–water partition coefficient (Wildman–Crippen LogP) is 3.65. The molecule has 2 rings (SSSR count). The minimum Gasteiger partial charge on any atom is -0.481 e. The highest BCUT2D eigenvalue weighted by molar-refractivity contribution is 9.10. The fraction of sp³-hybridized carbons (Fsp3) is 0.167. The Bertz CT molecular complexity index is 418. The maximum atomic E-state index is 9.66. The van der Waals surface area contributed by atoms with E-state index >= 15 is 0 Å². The van der Waals surface area contributed by atoms with Crippen molar-refractivity contribution in [1.82, 2.24) is 0 Å². The molecule has 2 nitrogen and oxygen atoms in total. The maximum Gasteiger partial charge on any atom is 0.285 e. The number of ether oxygens (including phenoxy) is 1. The van der Waals surface area contributed by atoms with Crippen LogP contribution in [0.5, 0.6) is 0 Å². The molecular formula is C12H11BrO2. The van der Waals surface area contributed by atoms with Gasteiger partial charge in [-0.1, -0.05) is 28.1 Å². The van der Waals surface area contributed by atoms with E-state index in [0.717, 1.165) is 15.6 Å². The number of allylic oxidation sites excluding steroid dienone is 2. The van der Waals surface area contributed by atoms with E-state index in [-0.39, 0.29) is 12.0 Å². The molecule has 1 aliphatic rings. The monoisotopic (exact) mass is 266 g/mol. The van der Waals surface area contributed by atoms with Crippen molar-refractivity contribution >= 4 is 21.5 Å². The molecule has 15 heavy (non-hydrogen) atoms. The van der Waals surface area contributed by atoms with Crippen LogP contribution in [0.15, 0.2) is 46.8 Å². The summed E-state index contributed by atoms with van der Waals surface area (Å²) in [5.74, 6) is -0.00711. The molecular weight excluding hydrogens is 256 g/mol. The Kier molecular flexibility index (Phi) is 2.82. The summed E-state index contributed by atoms with van der Waals surface area (Å²) in [7, 11) is 0. The number of aliphatic hydroxyl groups excluding tert-OH is 1. The third-order valence-corrected chi connectivity index (χ3v) is 2.75. The van der Waals surface area contributed by atoms with Crippen molar-refractivity contribution in [3.8, 4) is 0 Å². The molecule has 1 atom stereocenters. The van der Waals surface area contributed by atoms with E-state index in [4.69, 9.17) is 4.74 Å². The van der Waals surface area contributed by atoms with Gasteiger partial charge >= 0.3 is 0 Å². The van der Waals surface area contributed by atoms with Crippen LogP contribution in [0.25, 0.3) is 5.57 Å². The first-order chi connectivity index (χ1) is 7.16. The van der Waals surface area contributed by atoms with Gasteiger partial charge in [0.15, 0.2) is 0 Å². The molecule has 1 heterocycles. The lowest BCUT2D eigenvalue weighted by molar-refractivity contribution is 0.0657. The second-order valence-electron chi connectivity index (χ2n) is 3.41. The maximum absolute atomic E-state index is 9.66. The molecule has 0 aromatic heterocycles. The van der Waals surface area contributed by atoms with E-state index < -0.39 is 0 Å². The Balaban J connectivity index is 2.36. The van der Waals surface area contributed by atoms with Gasteiger partial charge in [0.25, 0.3) is 5.95 Å². The van der Waals surface area contributed by atoms with Crippen molar-refractivity contribution in [2.24, 2.45) is 0 Å². The zero-order chi connectivity index (χ0) is 10.8. The van der Waals surface area contributed by atoms with Crippen molar-refractivity contribution in [3.05, 3.63) is 52.4 Å². The molecule has 0 saturated carbocycles. The van der Waals surface area contributed by atoms with Crippen molar-refractivity contribution in [3.63, 3.8) is 0 Å². The lowest BCUT2D eigenvalue weighted by Gasteiger charge is -2.17. The van der Waals surface area contributed by atoms with Crippen molar-refractivity contribution in [1.29, 1.82) is 0 Å². The largest absolute Gasteiger partial charge is 0.481 e. The molecule has 0 spiro atoms. The van der Waals surface area contributed by atoms with Gasteiger partial charge in [-0.15, -0.1) is 0 Å². The van der Waals surface area contributed by atoms with E-state index in [0.29, 0.717) is 0 Å². The van der Waals surface area contributed by atoms with Crippen LogP contribution in [-0.4, -0.2) is 11.2 Å². The van der Waals surface area contributed by atoms with Crippen LogP contribution >= 0.6 is 15.9 Å². The summed E-state index contributed by atoms with van der Waals surface area (Å²) in [4.78, 5) is 0. The lowest BCUT2D eigenvalue weighted by Crippen LogP contribution is -2.09. The summed E-state index contributed by atoms with van der Waals surface area (Å²) >= 11 is 3.37. The SMILES string of the molecule is CC1C=CC(c2ccc(Br)cc2)=C(O)O1. The van der Waals surface area contributed by atoms with E-state index in [1.807, 2.05) is 43.3 Å². The average molecular weight is 267 g/mol. The first kappa shape index (κ1) is 10.3. The van der Waals surface area contributed by atoms with Crippen LogP contribution in [-0.2, 0) is 4.74 Å². The van der Waals surface area contributed by atoms with Gasteiger partial charge < -0.3 is 9.84 Å². The van der Waals surface area contributed by atoms with Gasteiger partial charge in [0.05, 0.1) is 5.57 Å². The third kappa shape index (κ3) is 2.23. The molecule has 0 radical (unpaired) electrons. The summed E-state index contributed by atoms with van der Waals surface area (Å²) in [5, 5.41) is 9.66. The molecule has 1 aliphatic heterocycles. The van der Waals surface area contributed by atoms with Crippen LogP contribution in [0.1, 0.15) is 12.5 Å². The summed E-state index contributed by atoms with van der Waals surface area (Å²) in [6, 6.07) is 7.72. The molecule has 0 amide bonds. The molecule has 1 aromatic rings. The third-order valence-electron chi connectivity index (χ3n) is 2.22. The van der Waals surface area contributed by atoms with Gasteiger partial charge in [-0.2, -0.15) is 0 Å². The molecule has 0 aliphatic carbocycles. The second kappa shape index (κ2) is 4.11. The Morgan fingerprint density at radius 1 is 1.27 bits per heavy atom. The van der Waals surface area contributed by atoms with Gasteiger partial charge in [0, 0.05) is 4.47 Å². The fourth-order valence-electron chi connectivity index (χ4n) is 1.43. The van der Waals surface area contributed by atoms with E-state index in [2.05, 4.69) is 15.9 Å². The van der Waals surface area contributed by atoms with Gasteiger partial charge in [-0.25, -0.2) is 0 Å². The molecule has 1 aromatic carbocycles. The minimum absolute atomic E-state index is 0.00711. The first-order valence-electron chi connectivity index (χ1n) is 4.71. The van der Waals surface area contributed by atoms with Crippen LogP contribution in [0, 0.1) is 0 Å². The van der Waals surface area contributed by atoms with Crippen molar-refractivity contribution in [2.75, 3.05) is 0 Å². The highest BCUT2D eigenvalue weighted by Crippen LogP contribution is 2.25. The number of benzene rings is 1. The van der Waals surface area contributed by atoms with Gasteiger partial charge in [-0.05, 0) is 36.8 Å². The number of halogens is 1. The molecule has 78 valence electrons. The van der Waals surface area contributed by atoms with E-state index in [9.17, 15) is 5.11 Å². The van der Waals surface area contributed by atoms with Crippen molar-refractivity contribution < 1.29 is 9.84 Å². The molecule has 1 N–H and O–H groups in total. The standard InChI is InChI=1S/C12H11BrO2/c1-8-2-7-11(12(14)15-8)9-3-5-10(13)6-4-9/h2-8,14H,1H3. The summed E-state index contributed by atoms with van der Waals surface area (Å²) in [5.41, 5.74) is 1.67. The molecule has 3 heteroatoms. The topological polar surface area (TPSA) is 29.5 Å². The molecule has 0 fully saturated rings. The smallest absolute Gasteiger partial charge is 0.285 e. The number of hydrogen-bond donors (Lipinski definition) is 1. The Morgan fingerprint density at radius 2 is 1.93 bits per heavy atom. The van der Waals surface area contributed by atoms with Gasteiger partial charge in [-0.3, -0.25) is 0 Å². The van der Waals surface area contributed by atoms with Crippen molar-refractivity contribution in [2.45, 2.75) is 13.0 Å². The zero-order valence-electron chi connectivity index (χ0n) is 8.27. The lowest BCUT2D eigenvalue weighted by atomic mass is 10.0. The van der Waals surface area contributed by atoms with Crippen LogP contribution in [0.4, 0.5) is 0 Å². The second-order valence-corrected chi connectivity index (χ2v) is 4.32. The van der Waals surface area contributed by atoms with E-state index in [1.165, 1.54) is 0 Å². The summed E-state index contributed by atoms with van der Waals surface area (Å²) < 4.78 is 6.23. The normalized spacial score (nSPS) is 20.3. The Hall–Kier alpha value is -1.22. The molecule has 0 saturated heterocycles. The molecule has 0 bridgehead atoms. The van der Waals surface area contributed by atoms with Crippen LogP contribution in [0.2, 0.25) is 0 Å². The van der Waals surface area contributed by atoms with E-state index in [1.54, 1.807) is 0 Å². The predicted molar refractivity (Wildman–Crippen MR) is 63.4 cm³/mol. The van der Waals surface area contributed by atoms with Gasteiger partial charge in [0.1, 0.15) is 6.10 Å². The minimum atomic E-state index is -0.0656. The average Bonchev–Trinajstić information content (AvgIpc) is 2.20. The quantitative estimate of drug-likeness (QED) is 0.841. The number of rotatable bonds is 1. The number of hydrogen-bond acceptors (Lipinski definition) is 2. The molecule has 1 unspecified atom stereocenters.